The number of sulfonamides is 1. The molecule has 0 fully saturated rings. The van der Waals surface area contributed by atoms with Crippen LogP contribution in [-0.2, 0) is 16.6 Å². The van der Waals surface area contributed by atoms with Gasteiger partial charge in [-0.1, -0.05) is 0 Å². The number of nitrogens with zero attached hydrogens (tertiary/aromatic N) is 1. The Bertz CT molecular complexity index is 761. The second-order valence-corrected chi connectivity index (χ2v) is 6.92. The SMILES string of the molecule is CNCc1cn[nH]c1S(=O)(=O)Nc1cc(Br)c(F)cc1C. The molecule has 1 aromatic heterocycles. The summed E-state index contributed by atoms with van der Waals surface area (Å²) in [5.74, 6) is -0.451. The van der Waals surface area contributed by atoms with E-state index in [1.165, 1.54) is 18.3 Å². The molecule has 0 radical (unpaired) electrons. The summed E-state index contributed by atoms with van der Waals surface area (Å²) >= 11 is 3.04. The topological polar surface area (TPSA) is 86.9 Å². The fourth-order valence-electron chi connectivity index (χ4n) is 1.80. The van der Waals surface area contributed by atoms with Crippen molar-refractivity contribution >= 4 is 31.6 Å². The molecule has 0 aliphatic carbocycles. The van der Waals surface area contributed by atoms with Crippen molar-refractivity contribution in [3.05, 3.63) is 39.7 Å². The summed E-state index contributed by atoms with van der Waals surface area (Å²) in [6, 6.07) is 2.64. The van der Waals surface area contributed by atoms with Gasteiger partial charge in [0.05, 0.1) is 16.4 Å². The Hall–Kier alpha value is -1.45. The summed E-state index contributed by atoms with van der Waals surface area (Å²) in [5.41, 5.74) is 1.30. The van der Waals surface area contributed by atoms with E-state index in [2.05, 4.69) is 36.2 Å². The number of benzene rings is 1. The highest BCUT2D eigenvalue weighted by Gasteiger charge is 2.21. The van der Waals surface area contributed by atoms with Crippen molar-refractivity contribution in [1.82, 2.24) is 15.5 Å². The van der Waals surface area contributed by atoms with Crippen LogP contribution < -0.4 is 10.0 Å². The summed E-state index contributed by atoms with van der Waals surface area (Å²) < 4.78 is 40.8. The molecule has 0 aliphatic heterocycles. The molecule has 2 rings (SSSR count). The molecule has 2 aromatic rings. The van der Waals surface area contributed by atoms with Gasteiger partial charge in [-0.3, -0.25) is 9.82 Å². The average molecular weight is 377 g/mol. The minimum atomic E-state index is -3.83. The lowest BCUT2D eigenvalue weighted by molar-refractivity contribution is 0.594. The van der Waals surface area contributed by atoms with Gasteiger partial charge in [0.25, 0.3) is 10.0 Å². The van der Waals surface area contributed by atoms with Crippen LogP contribution >= 0.6 is 15.9 Å². The molecule has 21 heavy (non-hydrogen) atoms. The van der Waals surface area contributed by atoms with Crippen LogP contribution in [0.2, 0.25) is 0 Å². The lowest BCUT2D eigenvalue weighted by Crippen LogP contribution is -2.17. The number of anilines is 1. The normalized spacial score (nSPS) is 11.6. The lowest BCUT2D eigenvalue weighted by Gasteiger charge is -2.11. The van der Waals surface area contributed by atoms with Gasteiger partial charge in [0.1, 0.15) is 5.82 Å². The Kier molecular flexibility index (Phi) is 4.64. The first-order valence-corrected chi connectivity index (χ1v) is 8.28. The molecule has 0 unspecified atom stereocenters. The zero-order chi connectivity index (χ0) is 15.6. The third kappa shape index (κ3) is 3.42. The van der Waals surface area contributed by atoms with E-state index < -0.39 is 15.8 Å². The van der Waals surface area contributed by atoms with Crippen molar-refractivity contribution in [2.24, 2.45) is 0 Å². The van der Waals surface area contributed by atoms with Crippen LogP contribution in [0.5, 0.6) is 0 Å². The first-order chi connectivity index (χ1) is 9.85. The molecule has 0 aliphatic rings. The third-order valence-corrected chi connectivity index (χ3v) is 4.81. The van der Waals surface area contributed by atoms with Crippen LogP contribution in [0.4, 0.5) is 10.1 Å². The quantitative estimate of drug-likeness (QED) is 0.745. The van der Waals surface area contributed by atoms with E-state index in [1.807, 2.05) is 0 Å². The zero-order valence-corrected chi connectivity index (χ0v) is 13.8. The largest absolute Gasteiger partial charge is 0.316 e. The van der Waals surface area contributed by atoms with Crippen molar-refractivity contribution in [2.75, 3.05) is 11.8 Å². The summed E-state index contributed by atoms with van der Waals surface area (Å²) in [7, 11) is -2.12. The molecule has 0 saturated carbocycles. The highest BCUT2D eigenvalue weighted by Crippen LogP contribution is 2.26. The van der Waals surface area contributed by atoms with Crippen molar-refractivity contribution in [2.45, 2.75) is 18.5 Å². The van der Waals surface area contributed by atoms with Crippen LogP contribution in [0.15, 0.2) is 27.8 Å². The molecule has 114 valence electrons. The highest BCUT2D eigenvalue weighted by atomic mass is 79.9. The van der Waals surface area contributed by atoms with E-state index in [1.54, 1.807) is 14.0 Å². The van der Waals surface area contributed by atoms with Gasteiger partial charge in [-0.2, -0.15) is 13.5 Å². The van der Waals surface area contributed by atoms with Crippen molar-refractivity contribution < 1.29 is 12.8 Å². The highest BCUT2D eigenvalue weighted by molar-refractivity contribution is 9.10. The molecular weight excluding hydrogens is 363 g/mol. The standard InChI is InChI=1S/C12H14BrFN4O2S/c1-7-3-10(14)9(13)4-11(7)18-21(19,20)12-8(5-15-2)6-16-17-12/h3-4,6,15,18H,5H2,1-2H3,(H,16,17). The molecule has 0 amide bonds. The molecular formula is C12H14BrFN4O2S. The van der Waals surface area contributed by atoms with Crippen LogP contribution in [0.1, 0.15) is 11.1 Å². The Morgan fingerprint density at radius 3 is 2.81 bits per heavy atom. The van der Waals surface area contributed by atoms with Gasteiger partial charge in [0.2, 0.25) is 0 Å². The number of H-pyrrole nitrogens is 1. The number of hydrogen-bond acceptors (Lipinski definition) is 4. The van der Waals surface area contributed by atoms with E-state index in [0.717, 1.165) is 0 Å². The Balaban J connectivity index is 2.38. The van der Waals surface area contributed by atoms with E-state index in [9.17, 15) is 12.8 Å². The lowest BCUT2D eigenvalue weighted by atomic mass is 10.2. The molecule has 0 saturated heterocycles. The van der Waals surface area contributed by atoms with Gasteiger partial charge in [0.15, 0.2) is 5.03 Å². The first-order valence-electron chi connectivity index (χ1n) is 6.00. The summed E-state index contributed by atoms with van der Waals surface area (Å²) in [5, 5.41) is 9.07. The monoisotopic (exact) mass is 376 g/mol. The van der Waals surface area contributed by atoms with Gasteiger partial charge in [-0.25, -0.2) is 4.39 Å². The summed E-state index contributed by atoms with van der Waals surface area (Å²) in [6.07, 6.45) is 1.44. The summed E-state index contributed by atoms with van der Waals surface area (Å²) in [6.45, 7) is 1.98. The first kappa shape index (κ1) is 15.9. The Labute approximate surface area is 130 Å². The predicted octanol–water partition coefficient (Wildman–Crippen LogP) is 2.14. The Morgan fingerprint density at radius 2 is 2.14 bits per heavy atom. The van der Waals surface area contributed by atoms with Gasteiger partial charge >= 0.3 is 0 Å². The predicted molar refractivity (Wildman–Crippen MR) is 81.0 cm³/mol. The van der Waals surface area contributed by atoms with E-state index in [4.69, 9.17) is 0 Å². The summed E-state index contributed by atoms with van der Waals surface area (Å²) in [4.78, 5) is 0. The number of rotatable bonds is 5. The van der Waals surface area contributed by atoms with E-state index >= 15 is 0 Å². The average Bonchev–Trinajstić information content (AvgIpc) is 2.85. The molecule has 9 heteroatoms. The fraction of sp³-hybridized carbons (Fsp3) is 0.250. The number of aromatic amines is 1. The Morgan fingerprint density at radius 1 is 1.43 bits per heavy atom. The number of aromatic nitrogens is 2. The van der Waals surface area contributed by atoms with Crippen LogP contribution in [0.25, 0.3) is 0 Å². The zero-order valence-electron chi connectivity index (χ0n) is 11.4. The van der Waals surface area contributed by atoms with Crippen LogP contribution in [0, 0.1) is 12.7 Å². The minimum Gasteiger partial charge on any atom is -0.316 e. The van der Waals surface area contributed by atoms with Crippen molar-refractivity contribution in [3.8, 4) is 0 Å². The second kappa shape index (κ2) is 6.12. The molecule has 0 spiro atoms. The van der Waals surface area contributed by atoms with E-state index in [0.29, 0.717) is 23.4 Å². The van der Waals surface area contributed by atoms with Gasteiger partial charge in [-0.05, 0) is 47.6 Å². The molecule has 6 nitrogen and oxygen atoms in total. The number of nitrogens with one attached hydrogen (secondary N) is 3. The van der Waals surface area contributed by atoms with E-state index in [-0.39, 0.29) is 9.50 Å². The fourth-order valence-corrected chi connectivity index (χ4v) is 3.40. The van der Waals surface area contributed by atoms with Crippen molar-refractivity contribution in [1.29, 1.82) is 0 Å². The van der Waals surface area contributed by atoms with Crippen molar-refractivity contribution in [3.63, 3.8) is 0 Å². The molecule has 3 N–H and O–H groups in total. The molecule has 1 aromatic carbocycles. The number of hydrogen-bond donors (Lipinski definition) is 3. The minimum absolute atomic E-state index is 0.0169. The smallest absolute Gasteiger partial charge is 0.279 e. The van der Waals surface area contributed by atoms with Crippen LogP contribution in [0.3, 0.4) is 0 Å². The maximum Gasteiger partial charge on any atom is 0.279 e. The maximum atomic E-state index is 13.4. The maximum absolute atomic E-state index is 13.4. The molecule has 1 heterocycles. The number of halogens is 2. The second-order valence-electron chi connectivity index (χ2n) is 4.44. The number of aryl methyl sites for hydroxylation is 1. The van der Waals surface area contributed by atoms with Gasteiger partial charge in [0, 0.05) is 12.1 Å². The van der Waals surface area contributed by atoms with Gasteiger partial charge in [-0.15, -0.1) is 0 Å². The molecule has 0 atom stereocenters. The van der Waals surface area contributed by atoms with Gasteiger partial charge < -0.3 is 5.32 Å². The third-order valence-electron chi connectivity index (χ3n) is 2.83. The molecule has 0 bridgehead atoms. The van der Waals surface area contributed by atoms with Crippen LogP contribution in [-0.4, -0.2) is 25.7 Å².